The number of ether oxygens (including phenoxy) is 1. The Balaban J connectivity index is 1.59. The van der Waals surface area contributed by atoms with E-state index in [9.17, 15) is 9.59 Å². The van der Waals surface area contributed by atoms with Gasteiger partial charge in [-0.2, -0.15) is 0 Å². The monoisotopic (exact) mass is 368 g/mol. The molecule has 0 bridgehead atoms. The van der Waals surface area contributed by atoms with Gasteiger partial charge in [0.25, 0.3) is 5.91 Å². The molecular formula is C20H24N4O3. The number of amides is 2. The molecular weight excluding hydrogens is 344 g/mol. The number of rotatable bonds is 2. The van der Waals surface area contributed by atoms with Crippen molar-refractivity contribution in [3.8, 4) is 11.4 Å². The molecule has 142 valence electrons. The fraction of sp³-hybridized carbons (Fsp3) is 0.400. The standard InChI is InChI=1S/C20H24N4O3/c1-20(2,3)27-19(26)24-11-9-23(10-12-24)18(25)16-13-21-17(22-14-16)15-7-5-4-6-8-15/h4-8,13-14H,9-12H2,1-3H3. The van der Waals surface area contributed by atoms with Gasteiger partial charge in [-0.05, 0) is 20.8 Å². The Morgan fingerprint density at radius 2 is 1.48 bits per heavy atom. The molecule has 1 saturated heterocycles. The minimum atomic E-state index is -0.526. The summed E-state index contributed by atoms with van der Waals surface area (Å²) in [5, 5.41) is 0. The zero-order valence-corrected chi connectivity index (χ0v) is 15.9. The molecule has 2 aromatic rings. The van der Waals surface area contributed by atoms with Gasteiger partial charge < -0.3 is 14.5 Å². The molecule has 0 saturated carbocycles. The lowest BCUT2D eigenvalue weighted by Gasteiger charge is -2.35. The third kappa shape index (κ3) is 4.81. The summed E-state index contributed by atoms with van der Waals surface area (Å²) < 4.78 is 5.38. The highest BCUT2D eigenvalue weighted by Gasteiger charge is 2.28. The van der Waals surface area contributed by atoms with E-state index in [0.29, 0.717) is 37.6 Å². The summed E-state index contributed by atoms with van der Waals surface area (Å²) in [4.78, 5) is 36.7. The van der Waals surface area contributed by atoms with Crippen LogP contribution in [0.1, 0.15) is 31.1 Å². The van der Waals surface area contributed by atoms with Crippen molar-refractivity contribution in [2.24, 2.45) is 0 Å². The van der Waals surface area contributed by atoms with Crippen LogP contribution in [0.25, 0.3) is 11.4 Å². The first kappa shape index (κ1) is 18.8. The average Bonchev–Trinajstić information content (AvgIpc) is 2.67. The molecule has 7 heteroatoms. The van der Waals surface area contributed by atoms with Crippen molar-refractivity contribution in [1.82, 2.24) is 19.8 Å². The SMILES string of the molecule is CC(C)(C)OC(=O)N1CCN(C(=O)c2cnc(-c3ccccc3)nc2)CC1. The van der Waals surface area contributed by atoms with E-state index in [1.54, 1.807) is 22.2 Å². The molecule has 2 heterocycles. The first-order valence-electron chi connectivity index (χ1n) is 8.98. The third-order valence-electron chi connectivity index (χ3n) is 4.15. The van der Waals surface area contributed by atoms with Crippen molar-refractivity contribution in [3.63, 3.8) is 0 Å². The first-order chi connectivity index (χ1) is 12.8. The minimum absolute atomic E-state index is 0.126. The molecule has 1 fully saturated rings. The number of piperazine rings is 1. The molecule has 2 amide bonds. The Bertz CT molecular complexity index is 792. The maximum atomic E-state index is 12.7. The van der Waals surface area contributed by atoms with E-state index in [2.05, 4.69) is 9.97 Å². The van der Waals surface area contributed by atoms with E-state index < -0.39 is 5.60 Å². The zero-order chi connectivity index (χ0) is 19.4. The molecule has 1 aliphatic heterocycles. The average molecular weight is 368 g/mol. The van der Waals surface area contributed by atoms with Crippen LogP contribution in [-0.2, 0) is 4.74 Å². The fourth-order valence-corrected chi connectivity index (χ4v) is 2.78. The van der Waals surface area contributed by atoms with Gasteiger partial charge in [0.15, 0.2) is 5.82 Å². The Hall–Kier alpha value is -2.96. The molecule has 7 nitrogen and oxygen atoms in total. The fourth-order valence-electron chi connectivity index (χ4n) is 2.78. The van der Waals surface area contributed by atoms with E-state index in [1.807, 2.05) is 51.1 Å². The predicted molar refractivity (Wildman–Crippen MR) is 101 cm³/mol. The summed E-state index contributed by atoms with van der Waals surface area (Å²) in [6, 6.07) is 9.61. The second-order valence-corrected chi connectivity index (χ2v) is 7.42. The highest BCUT2D eigenvalue weighted by atomic mass is 16.6. The van der Waals surface area contributed by atoms with E-state index in [4.69, 9.17) is 4.74 Å². The van der Waals surface area contributed by atoms with E-state index in [0.717, 1.165) is 5.56 Å². The van der Waals surface area contributed by atoms with Gasteiger partial charge in [-0.15, -0.1) is 0 Å². The number of benzene rings is 1. The second kappa shape index (κ2) is 7.73. The molecule has 1 aromatic carbocycles. The molecule has 27 heavy (non-hydrogen) atoms. The molecule has 0 unspecified atom stereocenters. The van der Waals surface area contributed by atoms with Crippen LogP contribution in [0.15, 0.2) is 42.7 Å². The van der Waals surface area contributed by atoms with Crippen LogP contribution < -0.4 is 0 Å². The van der Waals surface area contributed by atoms with Gasteiger partial charge in [0.2, 0.25) is 0 Å². The normalized spacial score (nSPS) is 14.8. The Kier molecular flexibility index (Phi) is 5.39. The number of carbonyl (C=O) groups excluding carboxylic acids is 2. The van der Waals surface area contributed by atoms with E-state index in [1.165, 1.54) is 0 Å². The maximum Gasteiger partial charge on any atom is 0.410 e. The van der Waals surface area contributed by atoms with Gasteiger partial charge in [-0.25, -0.2) is 14.8 Å². The second-order valence-electron chi connectivity index (χ2n) is 7.42. The summed E-state index contributed by atoms with van der Waals surface area (Å²) in [6.45, 7) is 7.32. The van der Waals surface area contributed by atoms with Gasteiger partial charge in [0, 0.05) is 44.1 Å². The number of carbonyl (C=O) groups is 2. The van der Waals surface area contributed by atoms with Gasteiger partial charge >= 0.3 is 6.09 Å². The van der Waals surface area contributed by atoms with Gasteiger partial charge in [-0.1, -0.05) is 30.3 Å². The van der Waals surface area contributed by atoms with Crippen LogP contribution in [0.4, 0.5) is 4.79 Å². The molecule has 1 aliphatic rings. The number of nitrogens with zero attached hydrogens (tertiary/aromatic N) is 4. The molecule has 0 spiro atoms. The smallest absolute Gasteiger partial charge is 0.410 e. The summed E-state index contributed by atoms with van der Waals surface area (Å²) in [7, 11) is 0. The Morgan fingerprint density at radius 3 is 2.04 bits per heavy atom. The molecule has 3 rings (SSSR count). The summed E-state index contributed by atoms with van der Waals surface area (Å²) in [5.74, 6) is 0.459. The zero-order valence-electron chi connectivity index (χ0n) is 15.9. The number of hydrogen-bond donors (Lipinski definition) is 0. The van der Waals surface area contributed by atoms with Crippen molar-refractivity contribution < 1.29 is 14.3 Å². The first-order valence-corrected chi connectivity index (χ1v) is 8.98. The maximum absolute atomic E-state index is 12.7. The number of hydrogen-bond acceptors (Lipinski definition) is 5. The van der Waals surface area contributed by atoms with Gasteiger partial charge in [0.05, 0.1) is 5.56 Å². The Labute approximate surface area is 159 Å². The van der Waals surface area contributed by atoms with Crippen LogP contribution in [0, 0.1) is 0 Å². The van der Waals surface area contributed by atoms with Crippen LogP contribution >= 0.6 is 0 Å². The molecule has 0 radical (unpaired) electrons. The van der Waals surface area contributed by atoms with Crippen molar-refractivity contribution in [2.75, 3.05) is 26.2 Å². The molecule has 0 N–H and O–H groups in total. The van der Waals surface area contributed by atoms with Crippen LogP contribution in [0.2, 0.25) is 0 Å². The molecule has 0 aliphatic carbocycles. The number of aromatic nitrogens is 2. The summed E-state index contributed by atoms with van der Waals surface area (Å²) in [5.41, 5.74) is 0.824. The summed E-state index contributed by atoms with van der Waals surface area (Å²) in [6.07, 6.45) is 2.76. The van der Waals surface area contributed by atoms with Crippen molar-refractivity contribution in [1.29, 1.82) is 0 Å². The van der Waals surface area contributed by atoms with E-state index in [-0.39, 0.29) is 12.0 Å². The van der Waals surface area contributed by atoms with Crippen molar-refractivity contribution in [3.05, 3.63) is 48.3 Å². The summed E-state index contributed by atoms with van der Waals surface area (Å²) >= 11 is 0. The quantitative estimate of drug-likeness (QED) is 0.815. The van der Waals surface area contributed by atoms with Crippen molar-refractivity contribution >= 4 is 12.0 Å². The van der Waals surface area contributed by atoms with Crippen LogP contribution in [0.3, 0.4) is 0 Å². The Morgan fingerprint density at radius 1 is 0.926 bits per heavy atom. The van der Waals surface area contributed by atoms with Crippen molar-refractivity contribution in [2.45, 2.75) is 26.4 Å². The molecule has 1 aromatic heterocycles. The lowest BCUT2D eigenvalue weighted by atomic mass is 10.2. The largest absolute Gasteiger partial charge is 0.444 e. The third-order valence-corrected chi connectivity index (χ3v) is 4.15. The van der Waals surface area contributed by atoms with E-state index >= 15 is 0 Å². The highest BCUT2D eigenvalue weighted by Crippen LogP contribution is 2.15. The predicted octanol–water partition coefficient (Wildman–Crippen LogP) is 2.84. The van der Waals surface area contributed by atoms with Gasteiger partial charge in [-0.3, -0.25) is 4.79 Å². The van der Waals surface area contributed by atoms with Crippen LogP contribution in [-0.4, -0.2) is 63.5 Å². The highest BCUT2D eigenvalue weighted by molar-refractivity contribution is 5.94. The topological polar surface area (TPSA) is 75.6 Å². The lowest BCUT2D eigenvalue weighted by Crippen LogP contribution is -2.51. The van der Waals surface area contributed by atoms with Crippen LogP contribution in [0.5, 0.6) is 0 Å². The minimum Gasteiger partial charge on any atom is -0.444 e. The van der Waals surface area contributed by atoms with Gasteiger partial charge in [0.1, 0.15) is 5.60 Å². The molecule has 0 atom stereocenters. The lowest BCUT2D eigenvalue weighted by molar-refractivity contribution is 0.0140.